The van der Waals surface area contributed by atoms with Crippen LogP contribution < -0.4 is 5.73 Å². The molecule has 3 heteroatoms. The molecule has 0 aliphatic heterocycles. The molecule has 114 valence electrons. The SMILES string of the molecule is CCn1c(CC2CCCCCC2CN)nc2ccccc21. The second-order valence-electron chi connectivity index (χ2n) is 6.36. The molecule has 2 aromatic rings. The summed E-state index contributed by atoms with van der Waals surface area (Å²) >= 11 is 0. The molecule has 1 aromatic carbocycles. The molecule has 0 radical (unpaired) electrons. The fourth-order valence-corrected chi connectivity index (χ4v) is 3.91. The molecule has 1 aromatic heterocycles. The molecule has 2 atom stereocenters. The van der Waals surface area contributed by atoms with E-state index in [4.69, 9.17) is 10.7 Å². The van der Waals surface area contributed by atoms with Crippen molar-refractivity contribution in [3.63, 3.8) is 0 Å². The van der Waals surface area contributed by atoms with Crippen molar-refractivity contribution in [1.82, 2.24) is 9.55 Å². The Hall–Kier alpha value is -1.35. The fourth-order valence-electron chi connectivity index (χ4n) is 3.91. The third kappa shape index (κ3) is 2.98. The van der Waals surface area contributed by atoms with Crippen molar-refractivity contribution in [3.8, 4) is 0 Å². The van der Waals surface area contributed by atoms with Crippen molar-refractivity contribution in [1.29, 1.82) is 0 Å². The standard InChI is InChI=1S/C18H27N3/c1-2-21-17-11-7-6-10-16(17)20-18(21)12-14-8-4-3-5-9-15(14)13-19/h6-7,10-11,14-15H,2-5,8-9,12-13,19H2,1H3. The molecule has 1 fully saturated rings. The van der Waals surface area contributed by atoms with Crippen LogP contribution in [-0.2, 0) is 13.0 Å². The molecule has 0 bridgehead atoms. The largest absolute Gasteiger partial charge is 0.330 e. The molecule has 1 aliphatic carbocycles. The second-order valence-corrected chi connectivity index (χ2v) is 6.36. The number of nitrogens with two attached hydrogens (primary N) is 1. The molecule has 0 spiro atoms. The van der Waals surface area contributed by atoms with Gasteiger partial charge < -0.3 is 10.3 Å². The zero-order chi connectivity index (χ0) is 14.7. The van der Waals surface area contributed by atoms with Crippen LogP contribution in [0.3, 0.4) is 0 Å². The predicted octanol–water partition coefficient (Wildman–Crippen LogP) is 3.75. The summed E-state index contributed by atoms with van der Waals surface area (Å²) < 4.78 is 2.38. The molecule has 3 rings (SSSR count). The van der Waals surface area contributed by atoms with Gasteiger partial charge in [-0.1, -0.05) is 31.4 Å². The third-order valence-corrected chi connectivity index (χ3v) is 5.11. The average molecular weight is 285 g/mol. The van der Waals surface area contributed by atoms with E-state index in [2.05, 4.69) is 35.8 Å². The van der Waals surface area contributed by atoms with Crippen molar-refractivity contribution in [2.45, 2.75) is 52.0 Å². The van der Waals surface area contributed by atoms with Gasteiger partial charge in [0.1, 0.15) is 5.82 Å². The van der Waals surface area contributed by atoms with Crippen LogP contribution in [0.15, 0.2) is 24.3 Å². The number of fused-ring (bicyclic) bond motifs is 1. The van der Waals surface area contributed by atoms with E-state index in [1.54, 1.807) is 0 Å². The van der Waals surface area contributed by atoms with Gasteiger partial charge in [-0.15, -0.1) is 0 Å². The molecule has 0 amide bonds. The Labute approximate surface area is 127 Å². The van der Waals surface area contributed by atoms with Gasteiger partial charge in [0.2, 0.25) is 0 Å². The number of rotatable bonds is 4. The van der Waals surface area contributed by atoms with Crippen LogP contribution >= 0.6 is 0 Å². The Morgan fingerprint density at radius 2 is 1.90 bits per heavy atom. The van der Waals surface area contributed by atoms with Crippen molar-refractivity contribution in [2.75, 3.05) is 6.54 Å². The van der Waals surface area contributed by atoms with E-state index in [9.17, 15) is 0 Å². The van der Waals surface area contributed by atoms with Crippen molar-refractivity contribution in [2.24, 2.45) is 17.6 Å². The summed E-state index contributed by atoms with van der Waals surface area (Å²) in [7, 11) is 0. The predicted molar refractivity (Wildman–Crippen MR) is 88.2 cm³/mol. The lowest BCUT2D eigenvalue weighted by molar-refractivity contribution is 0.311. The maximum atomic E-state index is 6.04. The Bertz CT molecular complexity index is 587. The number of hydrogen-bond donors (Lipinski definition) is 1. The summed E-state index contributed by atoms with van der Waals surface area (Å²) in [6.07, 6.45) is 7.78. The van der Waals surface area contributed by atoms with Crippen molar-refractivity contribution < 1.29 is 0 Å². The average Bonchev–Trinajstić information content (AvgIpc) is 2.70. The summed E-state index contributed by atoms with van der Waals surface area (Å²) in [4.78, 5) is 4.90. The van der Waals surface area contributed by atoms with E-state index in [-0.39, 0.29) is 0 Å². The van der Waals surface area contributed by atoms with Gasteiger partial charge in [-0.2, -0.15) is 0 Å². The third-order valence-electron chi connectivity index (χ3n) is 5.11. The number of benzene rings is 1. The number of hydrogen-bond acceptors (Lipinski definition) is 2. The smallest absolute Gasteiger partial charge is 0.110 e. The Balaban J connectivity index is 1.89. The van der Waals surface area contributed by atoms with Gasteiger partial charge in [-0.3, -0.25) is 0 Å². The first kappa shape index (κ1) is 14.6. The van der Waals surface area contributed by atoms with E-state index in [0.29, 0.717) is 11.8 Å². The maximum Gasteiger partial charge on any atom is 0.110 e. The van der Waals surface area contributed by atoms with Gasteiger partial charge >= 0.3 is 0 Å². The van der Waals surface area contributed by atoms with E-state index in [1.807, 2.05) is 0 Å². The van der Waals surface area contributed by atoms with Crippen LogP contribution in [0.4, 0.5) is 0 Å². The molecule has 1 heterocycles. The highest BCUT2D eigenvalue weighted by Crippen LogP contribution is 2.31. The van der Waals surface area contributed by atoms with Crippen LogP contribution in [0.2, 0.25) is 0 Å². The van der Waals surface area contributed by atoms with E-state index >= 15 is 0 Å². The van der Waals surface area contributed by atoms with Crippen LogP contribution in [0.5, 0.6) is 0 Å². The van der Waals surface area contributed by atoms with Gasteiger partial charge in [-0.25, -0.2) is 4.98 Å². The lowest BCUT2D eigenvalue weighted by Gasteiger charge is -2.23. The first-order valence-corrected chi connectivity index (χ1v) is 8.47. The molecular formula is C18H27N3. The molecular weight excluding hydrogens is 258 g/mol. The van der Waals surface area contributed by atoms with Gasteiger partial charge in [0, 0.05) is 13.0 Å². The highest BCUT2D eigenvalue weighted by atomic mass is 15.1. The maximum absolute atomic E-state index is 6.04. The number of aromatic nitrogens is 2. The van der Waals surface area contributed by atoms with E-state index in [0.717, 1.165) is 25.0 Å². The van der Waals surface area contributed by atoms with Gasteiger partial charge in [0.05, 0.1) is 11.0 Å². The summed E-state index contributed by atoms with van der Waals surface area (Å²) in [5.74, 6) is 2.64. The van der Waals surface area contributed by atoms with E-state index in [1.165, 1.54) is 43.4 Å². The van der Waals surface area contributed by atoms with Crippen molar-refractivity contribution >= 4 is 11.0 Å². The van der Waals surface area contributed by atoms with Crippen LogP contribution in [0, 0.1) is 11.8 Å². The molecule has 1 saturated carbocycles. The minimum Gasteiger partial charge on any atom is -0.330 e. The molecule has 1 aliphatic rings. The molecule has 0 saturated heterocycles. The van der Waals surface area contributed by atoms with Gasteiger partial charge in [0.15, 0.2) is 0 Å². The number of imidazole rings is 1. The monoisotopic (exact) mass is 285 g/mol. The Morgan fingerprint density at radius 1 is 1.14 bits per heavy atom. The fraction of sp³-hybridized carbons (Fsp3) is 0.611. The lowest BCUT2D eigenvalue weighted by Crippen LogP contribution is -2.25. The minimum atomic E-state index is 0.678. The molecule has 21 heavy (non-hydrogen) atoms. The zero-order valence-corrected chi connectivity index (χ0v) is 13.1. The van der Waals surface area contributed by atoms with Gasteiger partial charge in [-0.05, 0) is 50.3 Å². The molecule has 2 unspecified atom stereocenters. The minimum absolute atomic E-state index is 0.678. The lowest BCUT2D eigenvalue weighted by atomic mass is 9.85. The Morgan fingerprint density at radius 3 is 2.67 bits per heavy atom. The topological polar surface area (TPSA) is 43.8 Å². The second kappa shape index (κ2) is 6.61. The zero-order valence-electron chi connectivity index (χ0n) is 13.1. The normalized spacial score (nSPS) is 23.3. The molecule has 3 nitrogen and oxygen atoms in total. The highest BCUT2D eigenvalue weighted by Gasteiger charge is 2.24. The number of nitrogens with zero attached hydrogens (tertiary/aromatic N) is 2. The first-order valence-electron chi connectivity index (χ1n) is 8.47. The summed E-state index contributed by atoms with van der Waals surface area (Å²) in [6.45, 7) is 4.04. The van der Waals surface area contributed by atoms with Crippen LogP contribution in [0.1, 0.15) is 44.9 Å². The van der Waals surface area contributed by atoms with Gasteiger partial charge in [0.25, 0.3) is 0 Å². The number of aryl methyl sites for hydroxylation is 1. The van der Waals surface area contributed by atoms with Crippen molar-refractivity contribution in [3.05, 3.63) is 30.1 Å². The van der Waals surface area contributed by atoms with E-state index < -0.39 is 0 Å². The van der Waals surface area contributed by atoms with Crippen LogP contribution in [0.25, 0.3) is 11.0 Å². The molecule has 2 N–H and O–H groups in total. The quantitative estimate of drug-likeness (QED) is 0.869. The first-order chi connectivity index (χ1) is 10.3. The number of para-hydroxylation sites is 2. The summed E-state index contributed by atoms with van der Waals surface area (Å²) in [5.41, 5.74) is 8.44. The summed E-state index contributed by atoms with van der Waals surface area (Å²) in [5, 5.41) is 0. The highest BCUT2D eigenvalue weighted by molar-refractivity contribution is 5.75. The Kier molecular flexibility index (Phi) is 4.59. The van der Waals surface area contributed by atoms with Crippen LogP contribution in [-0.4, -0.2) is 16.1 Å². The summed E-state index contributed by atoms with van der Waals surface area (Å²) in [6, 6.07) is 8.49.